The Balaban J connectivity index is 1.70. The number of aromatic hydroxyl groups is 1. The fourth-order valence-electron chi connectivity index (χ4n) is 3.62. The summed E-state index contributed by atoms with van der Waals surface area (Å²) >= 11 is 0. The van der Waals surface area contributed by atoms with Gasteiger partial charge in [-0.3, -0.25) is 0 Å². The van der Waals surface area contributed by atoms with E-state index in [4.69, 9.17) is 28.4 Å². The number of aliphatic hydroxyl groups excluding tert-OH is 7. The number of hydrogen-bond acceptors (Lipinski definition) is 14. The maximum absolute atomic E-state index is 10.3. The van der Waals surface area contributed by atoms with Crippen LogP contribution in [0.1, 0.15) is 0 Å². The van der Waals surface area contributed by atoms with E-state index in [1.54, 1.807) is 0 Å². The molecule has 0 bridgehead atoms. The van der Waals surface area contributed by atoms with Gasteiger partial charge in [0.05, 0.1) is 27.4 Å². The van der Waals surface area contributed by atoms with Crippen LogP contribution >= 0.6 is 0 Å². The number of hydrogen-bond donors (Lipinski definition) is 8. The highest BCUT2D eigenvalue weighted by molar-refractivity contribution is 5.54. The third kappa shape index (κ3) is 5.31. The van der Waals surface area contributed by atoms with Crippen molar-refractivity contribution in [3.63, 3.8) is 0 Å². The molecule has 1 aromatic rings. The lowest BCUT2D eigenvalue weighted by atomic mass is 9.98. The number of phenols is 1. The molecular weight excluding hydrogens is 464 g/mol. The van der Waals surface area contributed by atoms with Crippen molar-refractivity contribution in [2.24, 2.45) is 0 Å². The number of aliphatic hydroxyl groups is 7. The number of benzene rings is 1. The summed E-state index contributed by atoms with van der Waals surface area (Å²) in [5.41, 5.74) is 0. The van der Waals surface area contributed by atoms with E-state index < -0.39 is 74.6 Å². The van der Waals surface area contributed by atoms with Crippen molar-refractivity contribution in [2.45, 2.75) is 61.4 Å². The van der Waals surface area contributed by atoms with Crippen LogP contribution in [0.4, 0.5) is 0 Å². The van der Waals surface area contributed by atoms with Gasteiger partial charge in [0.1, 0.15) is 54.6 Å². The van der Waals surface area contributed by atoms with Crippen molar-refractivity contribution in [1.82, 2.24) is 0 Å². The van der Waals surface area contributed by atoms with Gasteiger partial charge in [0.25, 0.3) is 0 Å². The molecule has 2 heterocycles. The lowest BCUT2D eigenvalue weighted by Crippen LogP contribution is -2.62. The molecule has 14 nitrogen and oxygen atoms in total. The topological polar surface area (TPSA) is 217 Å². The van der Waals surface area contributed by atoms with Crippen LogP contribution in [0.3, 0.4) is 0 Å². The van der Waals surface area contributed by atoms with Crippen molar-refractivity contribution in [1.29, 1.82) is 0 Å². The second-order valence-electron chi connectivity index (χ2n) is 7.84. The number of rotatable bonds is 8. The largest absolute Gasteiger partial charge is 0.502 e. The summed E-state index contributed by atoms with van der Waals surface area (Å²) in [6, 6.07) is 2.57. The first-order chi connectivity index (χ1) is 16.1. The molecule has 0 amide bonds. The first-order valence-electron chi connectivity index (χ1n) is 10.4. The van der Waals surface area contributed by atoms with E-state index in [1.165, 1.54) is 26.4 Å². The van der Waals surface area contributed by atoms with Crippen molar-refractivity contribution in [3.8, 4) is 23.0 Å². The summed E-state index contributed by atoms with van der Waals surface area (Å²) in [5, 5.41) is 79.9. The fraction of sp³-hybridized carbons (Fsp3) is 0.700. The molecule has 2 aliphatic heterocycles. The minimum absolute atomic E-state index is 0.00253. The standard InChI is InChI=1S/C20H30O14/c1-29-8-3-7(4-9(30-2)12(8)22)32-20-18(28)16(26)14(24)11(34-20)6-31-19-17(27)15(25)13(23)10(5-21)33-19/h3-4,10-11,13-28H,5-6H2,1-2H3. The molecule has 2 fully saturated rings. The summed E-state index contributed by atoms with van der Waals surface area (Å²) in [4.78, 5) is 0. The summed E-state index contributed by atoms with van der Waals surface area (Å²) in [7, 11) is 2.60. The third-order valence-corrected chi connectivity index (χ3v) is 5.65. The highest BCUT2D eigenvalue weighted by atomic mass is 16.7. The molecule has 10 unspecified atom stereocenters. The Hall–Kier alpha value is -1.98. The lowest BCUT2D eigenvalue weighted by Gasteiger charge is -2.42. The van der Waals surface area contributed by atoms with E-state index >= 15 is 0 Å². The molecule has 0 aromatic heterocycles. The van der Waals surface area contributed by atoms with Crippen LogP contribution in [0.5, 0.6) is 23.0 Å². The molecule has 0 saturated carbocycles. The van der Waals surface area contributed by atoms with Gasteiger partial charge >= 0.3 is 0 Å². The molecule has 10 atom stereocenters. The van der Waals surface area contributed by atoms with Gasteiger partial charge in [-0.1, -0.05) is 0 Å². The minimum atomic E-state index is -1.72. The quantitative estimate of drug-likeness (QED) is 0.175. The maximum Gasteiger partial charge on any atom is 0.229 e. The molecule has 1 aromatic carbocycles. The van der Waals surface area contributed by atoms with E-state index in [1.807, 2.05) is 0 Å². The maximum atomic E-state index is 10.3. The van der Waals surface area contributed by atoms with E-state index in [-0.39, 0.29) is 23.0 Å². The minimum Gasteiger partial charge on any atom is -0.502 e. The molecule has 2 aliphatic rings. The van der Waals surface area contributed by atoms with Crippen LogP contribution in [-0.2, 0) is 14.2 Å². The Labute approximate surface area is 194 Å². The van der Waals surface area contributed by atoms with E-state index in [0.29, 0.717) is 0 Å². The normalized spacial score (nSPS) is 38.4. The van der Waals surface area contributed by atoms with Crippen molar-refractivity contribution >= 4 is 0 Å². The average Bonchev–Trinajstić information content (AvgIpc) is 2.83. The molecule has 194 valence electrons. The Morgan fingerprint density at radius 2 is 1.24 bits per heavy atom. The Bertz CT molecular complexity index is 780. The summed E-state index contributed by atoms with van der Waals surface area (Å²) < 4.78 is 31.8. The molecule has 0 spiro atoms. The Kier molecular flexibility index (Phi) is 8.75. The van der Waals surface area contributed by atoms with Gasteiger partial charge in [-0.2, -0.15) is 0 Å². The van der Waals surface area contributed by atoms with Crippen LogP contribution in [0.2, 0.25) is 0 Å². The predicted molar refractivity (Wildman–Crippen MR) is 108 cm³/mol. The van der Waals surface area contributed by atoms with Crippen LogP contribution < -0.4 is 14.2 Å². The molecule has 0 aliphatic carbocycles. The van der Waals surface area contributed by atoms with Crippen LogP contribution in [0.15, 0.2) is 12.1 Å². The summed E-state index contributed by atoms with van der Waals surface area (Å²) in [5.74, 6) is -0.248. The van der Waals surface area contributed by atoms with Crippen molar-refractivity contribution in [2.75, 3.05) is 27.4 Å². The molecule has 0 radical (unpaired) electrons. The van der Waals surface area contributed by atoms with Gasteiger partial charge in [-0.25, -0.2) is 0 Å². The van der Waals surface area contributed by atoms with Gasteiger partial charge in [0.15, 0.2) is 17.8 Å². The van der Waals surface area contributed by atoms with Gasteiger partial charge in [0, 0.05) is 12.1 Å². The highest BCUT2D eigenvalue weighted by Crippen LogP contribution is 2.40. The van der Waals surface area contributed by atoms with Crippen LogP contribution in [-0.4, -0.2) is 130 Å². The lowest BCUT2D eigenvalue weighted by molar-refractivity contribution is -0.323. The average molecular weight is 494 g/mol. The second kappa shape index (κ2) is 11.2. The number of phenolic OH excluding ortho intramolecular Hbond substituents is 1. The van der Waals surface area contributed by atoms with Gasteiger partial charge in [-0.15, -0.1) is 0 Å². The first-order valence-corrected chi connectivity index (χ1v) is 10.4. The molecule has 8 N–H and O–H groups in total. The van der Waals surface area contributed by atoms with Crippen LogP contribution in [0.25, 0.3) is 0 Å². The number of methoxy groups -OCH3 is 2. The van der Waals surface area contributed by atoms with Gasteiger partial charge < -0.3 is 69.3 Å². The van der Waals surface area contributed by atoms with E-state index in [0.717, 1.165) is 0 Å². The first kappa shape index (κ1) is 26.6. The summed E-state index contributed by atoms with van der Waals surface area (Å²) in [6.45, 7) is -1.16. The molecule has 3 rings (SSSR count). The smallest absolute Gasteiger partial charge is 0.229 e. The predicted octanol–water partition coefficient (Wildman–Crippen LogP) is -3.59. The molecule has 2 saturated heterocycles. The van der Waals surface area contributed by atoms with Gasteiger partial charge in [-0.05, 0) is 0 Å². The zero-order valence-corrected chi connectivity index (χ0v) is 18.4. The second-order valence-corrected chi connectivity index (χ2v) is 7.84. The molecule has 34 heavy (non-hydrogen) atoms. The van der Waals surface area contributed by atoms with Crippen molar-refractivity contribution < 1.29 is 69.3 Å². The third-order valence-electron chi connectivity index (χ3n) is 5.65. The zero-order valence-electron chi connectivity index (χ0n) is 18.4. The summed E-state index contributed by atoms with van der Waals surface area (Å²) in [6.07, 6.45) is -15.5. The zero-order chi connectivity index (χ0) is 25.2. The molecular formula is C20H30O14. The van der Waals surface area contributed by atoms with E-state index in [9.17, 15) is 40.9 Å². The molecule has 14 heteroatoms. The number of ether oxygens (including phenoxy) is 6. The van der Waals surface area contributed by atoms with Crippen LogP contribution in [0, 0.1) is 0 Å². The van der Waals surface area contributed by atoms with E-state index in [2.05, 4.69) is 0 Å². The van der Waals surface area contributed by atoms with Gasteiger partial charge in [0.2, 0.25) is 12.0 Å². The van der Waals surface area contributed by atoms with Crippen molar-refractivity contribution in [3.05, 3.63) is 12.1 Å². The monoisotopic (exact) mass is 494 g/mol. The Morgan fingerprint density at radius 1 is 0.735 bits per heavy atom. The Morgan fingerprint density at radius 3 is 1.76 bits per heavy atom. The fourth-order valence-corrected chi connectivity index (χ4v) is 3.62. The SMILES string of the molecule is COc1cc(OC2OC(COC3OC(CO)C(O)C(O)C3O)C(O)C(O)C2O)cc(OC)c1O. The highest BCUT2D eigenvalue weighted by Gasteiger charge is 2.47.